The minimum absolute atomic E-state index is 0.212. The third-order valence-corrected chi connectivity index (χ3v) is 1.63. The Morgan fingerprint density at radius 2 is 2.08 bits per heavy atom. The van der Waals surface area contributed by atoms with Gasteiger partial charge in [-0.15, -0.1) is 0 Å². The van der Waals surface area contributed by atoms with Gasteiger partial charge in [0.15, 0.2) is 0 Å². The summed E-state index contributed by atoms with van der Waals surface area (Å²) in [4.78, 5) is 3.72. The van der Waals surface area contributed by atoms with Crippen molar-refractivity contribution in [1.29, 1.82) is 0 Å². The SMILES string of the molecule is FC(F)(F)Cc1ccnc(Br)c1. The highest BCUT2D eigenvalue weighted by Crippen LogP contribution is 2.21. The zero-order chi connectivity index (χ0) is 9.19. The molecule has 66 valence electrons. The van der Waals surface area contributed by atoms with E-state index in [0.29, 0.717) is 4.60 Å². The molecule has 0 fully saturated rings. The van der Waals surface area contributed by atoms with Gasteiger partial charge in [0.05, 0.1) is 6.42 Å². The summed E-state index contributed by atoms with van der Waals surface area (Å²) < 4.78 is 35.9. The standard InChI is InChI=1S/C7H5BrF3N/c8-6-3-5(1-2-12-6)4-7(9,10)11/h1-3H,4H2. The molecule has 1 aromatic rings. The van der Waals surface area contributed by atoms with Gasteiger partial charge in [-0.1, -0.05) is 0 Å². The Kier molecular flexibility index (Phi) is 2.72. The molecule has 1 rings (SSSR count). The highest BCUT2D eigenvalue weighted by atomic mass is 79.9. The Morgan fingerprint density at radius 1 is 1.42 bits per heavy atom. The van der Waals surface area contributed by atoms with Crippen molar-refractivity contribution in [3.05, 3.63) is 28.5 Å². The van der Waals surface area contributed by atoms with E-state index in [2.05, 4.69) is 20.9 Å². The maximum atomic E-state index is 11.8. The zero-order valence-electron chi connectivity index (χ0n) is 5.90. The Morgan fingerprint density at radius 3 is 2.58 bits per heavy atom. The largest absolute Gasteiger partial charge is 0.393 e. The van der Waals surface area contributed by atoms with Crippen LogP contribution in [0.4, 0.5) is 13.2 Å². The average Bonchev–Trinajstić information content (AvgIpc) is 1.82. The number of alkyl halides is 3. The zero-order valence-corrected chi connectivity index (χ0v) is 7.48. The van der Waals surface area contributed by atoms with E-state index in [-0.39, 0.29) is 5.56 Å². The fourth-order valence-electron chi connectivity index (χ4n) is 0.784. The highest BCUT2D eigenvalue weighted by Gasteiger charge is 2.27. The third kappa shape index (κ3) is 3.21. The van der Waals surface area contributed by atoms with Crippen molar-refractivity contribution < 1.29 is 13.2 Å². The van der Waals surface area contributed by atoms with Gasteiger partial charge >= 0.3 is 6.18 Å². The molecule has 0 saturated heterocycles. The molecule has 0 aliphatic rings. The van der Waals surface area contributed by atoms with E-state index in [0.717, 1.165) is 0 Å². The number of aromatic nitrogens is 1. The van der Waals surface area contributed by atoms with Crippen molar-refractivity contribution >= 4 is 15.9 Å². The predicted octanol–water partition coefficient (Wildman–Crippen LogP) is 2.95. The van der Waals surface area contributed by atoms with E-state index in [1.807, 2.05) is 0 Å². The van der Waals surface area contributed by atoms with Gasteiger partial charge < -0.3 is 0 Å². The fraction of sp³-hybridized carbons (Fsp3) is 0.286. The van der Waals surface area contributed by atoms with Crippen LogP contribution in [0.2, 0.25) is 0 Å². The van der Waals surface area contributed by atoms with Crippen LogP contribution in [-0.4, -0.2) is 11.2 Å². The van der Waals surface area contributed by atoms with Crippen molar-refractivity contribution in [2.45, 2.75) is 12.6 Å². The Hall–Kier alpha value is -0.580. The van der Waals surface area contributed by atoms with E-state index in [1.54, 1.807) is 0 Å². The second-order valence-corrected chi connectivity index (χ2v) is 3.09. The van der Waals surface area contributed by atoms with E-state index < -0.39 is 12.6 Å². The van der Waals surface area contributed by atoms with Gasteiger partial charge in [-0.25, -0.2) is 4.98 Å². The lowest BCUT2D eigenvalue weighted by molar-refractivity contribution is -0.127. The minimum Gasteiger partial charge on any atom is -0.249 e. The van der Waals surface area contributed by atoms with Crippen LogP contribution in [0.5, 0.6) is 0 Å². The molecule has 0 bridgehead atoms. The molecule has 1 nitrogen and oxygen atoms in total. The Balaban J connectivity index is 2.77. The summed E-state index contributed by atoms with van der Waals surface area (Å²) in [6, 6.07) is 2.70. The molecule has 1 heterocycles. The molecule has 5 heteroatoms. The van der Waals surface area contributed by atoms with Crippen LogP contribution in [0.1, 0.15) is 5.56 Å². The van der Waals surface area contributed by atoms with Gasteiger partial charge in [-0.3, -0.25) is 0 Å². The van der Waals surface area contributed by atoms with E-state index >= 15 is 0 Å². The van der Waals surface area contributed by atoms with Gasteiger partial charge in [0.25, 0.3) is 0 Å². The van der Waals surface area contributed by atoms with E-state index in [1.165, 1.54) is 18.3 Å². The van der Waals surface area contributed by atoms with Crippen molar-refractivity contribution in [2.75, 3.05) is 0 Å². The van der Waals surface area contributed by atoms with Crippen LogP contribution >= 0.6 is 15.9 Å². The smallest absolute Gasteiger partial charge is 0.249 e. The van der Waals surface area contributed by atoms with E-state index in [4.69, 9.17) is 0 Å². The van der Waals surface area contributed by atoms with Gasteiger partial charge in [-0.05, 0) is 33.6 Å². The molecule has 0 aliphatic heterocycles. The van der Waals surface area contributed by atoms with Crippen molar-refractivity contribution in [1.82, 2.24) is 4.98 Å². The molecule has 12 heavy (non-hydrogen) atoms. The quantitative estimate of drug-likeness (QED) is 0.687. The monoisotopic (exact) mass is 239 g/mol. The number of nitrogens with zero attached hydrogens (tertiary/aromatic N) is 1. The van der Waals surface area contributed by atoms with Gasteiger partial charge in [0.2, 0.25) is 0 Å². The van der Waals surface area contributed by atoms with Crippen LogP contribution in [0.3, 0.4) is 0 Å². The average molecular weight is 240 g/mol. The van der Waals surface area contributed by atoms with Crippen molar-refractivity contribution in [3.8, 4) is 0 Å². The Bertz CT molecular complexity index is 272. The van der Waals surface area contributed by atoms with Gasteiger partial charge in [0.1, 0.15) is 4.60 Å². The number of halogens is 4. The number of hydrogen-bond acceptors (Lipinski definition) is 1. The lowest BCUT2D eigenvalue weighted by Crippen LogP contribution is -2.11. The molecule has 0 N–H and O–H groups in total. The van der Waals surface area contributed by atoms with Crippen molar-refractivity contribution in [3.63, 3.8) is 0 Å². The number of hydrogen-bond donors (Lipinski definition) is 0. The molecule has 0 aliphatic carbocycles. The molecular weight excluding hydrogens is 235 g/mol. The first-order valence-electron chi connectivity index (χ1n) is 3.14. The van der Waals surface area contributed by atoms with Crippen LogP contribution in [0.15, 0.2) is 22.9 Å². The van der Waals surface area contributed by atoms with Gasteiger partial charge in [-0.2, -0.15) is 13.2 Å². The topological polar surface area (TPSA) is 12.9 Å². The van der Waals surface area contributed by atoms with Gasteiger partial charge in [0, 0.05) is 6.20 Å². The molecular formula is C7H5BrF3N. The van der Waals surface area contributed by atoms with Crippen molar-refractivity contribution in [2.24, 2.45) is 0 Å². The normalized spacial score (nSPS) is 11.7. The van der Waals surface area contributed by atoms with Crippen LogP contribution in [0.25, 0.3) is 0 Å². The van der Waals surface area contributed by atoms with Crippen LogP contribution < -0.4 is 0 Å². The molecule has 0 unspecified atom stereocenters. The maximum absolute atomic E-state index is 11.8. The molecule has 0 aromatic carbocycles. The second-order valence-electron chi connectivity index (χ2n) is 2.28. The lowest BCUT2D eigenvalue weighted by atomic mass is 10.2. The summed E-state index contributed by atoms with van der Waals surface area (Å²) in [5, 5.41) is 0. The number of rotatable bonds is 1. The fourth-order valence-corrected chi connectivity index (χ4v) is 1.20. The summed E-state index contributed by atoms with van der Waals surface area (Å²) >= 11 is 2.99. The summed E-state index contributed by atoms with van der Waals surface area (Å²) in [5.41, 5.74) is 0.212. The molecule has 0 spiro atoms. The summed E-state index contributed by atoms with van der Waals surface area (Å²) in [7, 11) is 0. The first kappa shape index (κ1) is 9.51. The first-order valence-corrected chi connectivity index (χ1v) is 3.94. The van der Waals surface area contributed by atoms with Crippen LogP contribution in [-0.2, 0) is 6.42 Å². The molecule has 0 atom stereocenters. The van der Waals surface area contributed by atoms with Crippen LogP contribution in [0, 0.1) is 0 Å². The summed E-state index contributed by atoms with van der Waals surface area (Å²) in [6.45, 7) is 0. The lowest BCUT2D eigenvalue weighted by Gasteiger charge is -2.05. The first-order chi connectivity index (χ1) is 5.47. The maximum Gasteiger partial charge on any atom is 0.393 e. The minimum atomic E-state index is -4.15. The predicted molar refractivity (Wildman–Crippen MR) is 41.7 cm³/mol. The molecule has 0 saturated carbocycles. The summed E-state index contributed by atoms with van der Waals surface area (Å²) in [5.74, 6) is 0. The molecule has 0 amide bonds. The molecule has 1 aromatic heterocycles. The highest BCUT2D eigenvalue weighted by molar-refractivity contribution is 9.10. The molecule has 0 radical (unpaired) electrons. The summed E-state index contributed by atoms with van der Waals surface area (Å²) in [6.07, 6.45) is -3.72. The van der Waals surface area contributed by atoms with E-state index in [9.17, 15) is 13.2 Å². The second kappa shape index (κ2) is 3.43. The Labute approximate surface area is 75.7 Å². The third-order valence-electron chi connectivity index (χ3n) is 1.20. The number of pyridine rings is 1.